The van der Waals surface area contributed by atoms with Crippen LogP contribution in [-0.4, -0.2) is 5.78 Å². The Morgan fingerprint density at radius 2 is 1.78 bits per heavy atom. The van der Waals surface area contributed by atoms with Gasteiger partial charge in [0.2, 0.25) is 0 Å². The van der Waals surface area contributed by atoms with E-state index in [-0.39, 0.29) is 5.78 Å². The van der Waals surface area contributed by atoms with Crippen molar-refractivity contribution in [2.45, 2.75) is 6.92 Å². The largest absolute Gasteiger partial charge is 0.295 e. The van der Waals surface area contributed by atoms with E-state index in [0.29, 0.717) is 0 Å². The fourth-order valence-electron chi connectivity index (χ4n) is 1.67. The molecule has 0 amide bonds. The lowest BCUT2D eigenvalue weighted by molar-refractivity contribution is -0.112. The molecule has 0 spiro atoms. The summed E-state index contributed by atoms with van der Waals surface area (Å²) in [6.07, 6.45) is 3.37. The third-order valence-corrected chi connectivity index (χ3v) is 2.81. The van der Waals surface area contributed by atoms with Gasteiger partial charge in [-0.1, -0.05) is 54.1 Å². The van der Waals surface area contributed by atoms with Crippen LogP contribution in [0.1, 0.15) is 12.5 Å². The summed E-state index contributed by atoms with van der Waals surface area (Å²) in [5.74, 6) is 0.0499. The quantitative estimate of drug-likeness (QED) is 0.733. The molecule has 0 aliphatic rings. The van der Waals surface area contributed by atoms with Gasteiger partial charge in [0.25, 0.3) is 0 Å². The van der Waals surface area contributed by atoms with E-state index in [2.05, 4.69) is 0 Å². The number of allylic oxidation sites excluding steroid dienone is 1. The minimum Gasteiger partial charge on any atom is -0.295 e. The van der Waals surface area contributed by atoms with E-state index < -0.39 is 0 Å². The van der Waals surface area contributed by atoms with E-state index in [9.17, 15) is 4.79 Å². The van der Waals surface area contributed by atoms with Crippen LogP contribution in [0.4, 0.5) is 0 Å². The molecular formula is C16H13ClO. The molecule has 0 aliphatic heterocycles. The topological polar surface area (TPSA) is 17.1 Å². The molecule has 0 unspecified atom stereocenters. The highest BCUT2D eigenvalue weighted by atomic mass is 35.5. The van der Waals surface area contributed by atoms with Crippen molar-refractivity contribution in [2.24, 2.45) is 0 Å². The zero-order valence-electron chi connectivity index (χ0n) is 10.1. The van der Waals surface area contributed by atoms with Crippen LogP contribution in [0.15, 0.2) is 54.6 Å². The van der Waals surface area contributed by atoms with Gasteiger partial charge < -0.3 is 0 Å². The first-order valence-electron chi connectivity index (χ1n) is 5.70. The van der Waals surface area contributed by atoms with Crippen LogP contribution < -0.4 is 0 Å². The summed E-state index contributed by atoms with van der Waals surface area (Å²) in [6.45, 7) is 1.54. The van der Waals surface area contributed by atoms with E-state index >= 15 is 0 Å². The Kier molecular flexibility index (Phi) is 3.96. The number of hydrogen-bond donors (Lipinski definition) is 0. The van der Waals surface area contributed by atoms with Crippen LogP contribution in [-0.2, 0) is 4.79 Å². The van der Waals surface area contributed by atoms with Crippen LogP contribution >= 0.6 is 11.6 Å². The molecule has 0 bridgehead atoms. The van der Waals surface area contributed by atoms with Gasteiger partial charge in [-0.25, -0.2) is 0 Å². The second kappa shape index (κ2) is 5.65. The van der Waals surface area contributed by atoms with Gasteiger partial charge in [0.1, 0.15) is 0 Å². The summed E-state index contributed by atoms with van der Waals surface area (Å²) < 4.78 is 0. The highest BCUT2D eigenvalue weighted by molar-refractivity contribution is 6.30. The van der Waals surface area contributed by atoms with Crippen LogP contribution in [0, 0.1) is 0 Å². The van der Waals surface area contributed by atoms with Crippen molar-refractivity contribution < 1.29 is 4.79 Å². The third-order valence-electron chi connectivity index (χ3n) is 2.58. The molecular weight excluding hydrogens is 244 g/mol. The van der Waals surface area contributed by atoms with Crippen molar-refractivity contribution in [3.8, 4) is 11.1 Å². The SMILES string of the molecule is CC(=O)/C=C/c1ccc(-c2cccc(Cl)c2)cc1. The predicted molar refractivity (Wildman–Crippen MR) is 76.6 cm³/mol. The number of carbonyl (C=O) groups is 1. The molecule has 0 aromatic heterocycles. The van der Waals surface area contributed by atoms with Crippen LogP contribution in [0.3, 0.4) is 0 Å². The molecule has 0 radical (unpaired) electrons. The Morgan fingerprint density at radius 1 is 1.06 bits per heavy atom. The standard InChI is InChI=1S/C16H13ClO/c1-12(18)5-6-13-7-9-14(10-8-13)15-3-2-4-16(17)11-15/h2-11H,1H3/b6-5+. The second-order valence-electron chi connectivity index (χ2n) is 4.08. The maximum Gasteiger partial charge on any atom is 0.152 e. The Bertz CT molecular complexity index is 582. The van der Waals surface area contributed by atoms with Gasteiger partial charge in [-0.3, -0.25) is 4.79 Å². The molecule has 0 heterocycles. The number of rotatable bonds is 3. The Morgan fingerprint density at radius 3 is 2.39 bits per heavy atom. The normalized spacial score (nSPS) is 10.8. The van der Waals surface area contributed by atoms with Crippen molar-refractivity contribution in [1.29, 1.82) is 0 Å². The molecule has 18 heavy (non-hydrogen) atoms. The molecule has 0 aliphatic carbocycles. The molecule has 0 fully saturated rings. The van der Waals surface area contributed by atoms with Crippen molar-refractivity contribution in [1.82, 2.24) is 0 Å². The van der Waals surface area contributed by atoms with Crippen LogP contribution in [0.25, 0.3) is 17.2 Å². The third kappa shape index (κ3) is 3.31. The number of benzene rings is 2. The maximum atomic E-state index is 10.8. The smallest absolute Gasteiger partial charge is 0.152 e. The van der Waals surface area contributed by atoms with Gasteiger partial charge in [-0.15, -0.1) is 0 Å². The number of ketones is 1. The van der Waals surface area contributed by atoms with E-state index in [1.54, 1.807) is 6.08 Å². The second-order valence-corrected chi connectivity index (χ2v) is 4.51. The van der Waals surface area contributed by atoms with E-state index in [4.69, 9.17) is 11.6 Å². The van der Waals surface area contributed by atoms with E-state index in [0.717, 1.165) is 21.7 Å². The lowest BCUT2D eigenvalue weighted by Gasteiger charge is -2.02. The Hall–Kier alpha value is -1.86. The maximum absolute atomic E-state index is 10.8. The lowest BCUT2D eigenvalue weighted by atomic mass is 10.0. The Balaban J connectivity index is 2.25. The van der Waals surface area contributed by atoms with Crippen molar-refractivity contribution in [2.75, 3.05) is 0 Å². The average molecular weight is 257 g/mol. The zero-order chi connectivity index (χ0) is 13.0. The highest BCUT2D eigenvalue weighted by Crippen LogP contribution is 2.23. The molecule has 2 rings (SSSR count). The summed E-state index contributed by atoms with van der Waals surface area (Å²) in [5.41, 5.74) is 3.21. The van der Waals surface area contributed by atoms with Crippen LogP contribution in [0.2, 0.25) is 5.02 Å². The van der Waals surface area contributed by atoms with Crippen molar-refractivity contribution >= 4 is 23.5 Å². The first kappa shape index (κ1) is 12.6. The summed E-state index contributed by atoms with van der Waals surface area (Å²) in [5, 5.41) is 0.730. The minimum atomic E-state index is 0.0499. The molecule has 1 nitrogen and oxygen atoms in total. The molecule has 2 aromatic carbocycles. The summed E-state index contributed by atoms with van der Waals surface area (Å²) >= 11 is 5.96. The number of hydrogen-bond acceptors (Lipinski definition) is 1. The number of halogens is 1. The lowest BCUT2D eigenvalue weighted by Crippen LogP contribution is -1.81. The Labute approximate surface area is 112 Å². The summed E-state index contributed by atoms with van der Waals surface area (Å²) in [7, 11) is 0. The van der Waals surface area contributed by atoms with Gasteiger partial charge >= 0.3 is 0 Å². The number of carbonyl (C=O) groups excluding carboxylic acids is 1. The van der Waals surface area contributed by atoms with Gasteiger partial charge in [0, 0.05) is 5.02 Å². The first-order valence-corrected chi connectivity index (χ1v) is 6.07. The van der Waals surface area contributed by atoms with Gasteiger partial charge in [0.15, 0.2) is 5.78 Å². The molecule has 0 saturated heterocycles. The fourth-order valence-corrected chi connectivity index (χ4v) is 1.86. The monoisotopic (exact) mass is 256 g/mol. The van der Waals surface area contributed by atoms with Crippen molar-refractivity contribution in [3.63, 3.8) is 0 Å². The van der Waals surface area contributed by atoms with Crippen molar-refractivity contribution in [3.05, 3.63) is 65.2 Å². The molecule has 0 saturated carbocycles. The van der Waals surface area contributed by atoms with Gasteiger partial charge in [-0.2, -0.15) is 0 Å². The molecule has 90 valence electrons. The van der Waals surface area contributed by atoms with Crippen LogP contribution in [0.5, 0.6) is 0 Å². The first-order chi connectivity index (χ1) is 8.65. The van der Waals surface area contributed by atoms with Gasteiger partial charge in [0.05, 0.1) is 0 Å². The zero-order valence-corrected chi connectivity index (χ0v) is 10.8. The predicted octanol–water partition coefficient (Wildman–Crippen LogP) is 4.61. The fraction of sp³-hybridized carbons (Fsp3) is 0.0625. The van der Waals surface area contributed by atoms with E-state index in [1.165, 1.54) is 6.92 Å². The summed E-state index contributed by atoms with van der Waals surface area (Å²) in [6, 6.07) is 15.7. The van der Waals surface area contributed by atoms with Gasteiger partial charge in [-0.05, 0) is 41.8 Å². The minimum absolute atomic E-state index is 0.0499. The molecule has 0 N–H and O–H groups in total. The highest BCUT2D eigenvalue weighted by Gasteiger charge is 1.98. The molecule has 2 aromatic rings. The summed E-state index contributed by atoms with van der Waals surface area (Å²) in [4.78, 5) is 10.8. The van der Waals surface area contributed by atoms with E-state index in [1.807, 2.05) is 54.6 Å². The average Bonchev–Trinajstić information content (AvgIpc) is 2.37. The molecule has 2 heteroatoms. The molecule has 0 atom stereocenters.